The van der Waals surface area contributed by atoms with Crippen LogP contribution in [0.25, 0.3) is 6.08 Å². The Bertz CT molecular complexity index is 528. The number of carbonyl (C=O) groups excluding carboxylic acids is 1. The van der Waals surface area contributed by atoms with Gasteiger partial charge < -0.3 is 15.5 Å². The summed E-state index contributed by atoms with van der Waals surface area (Å²) in [4.78, 5) is 22.4. The molecule has 6 heteroatoms. The van der Waals surface area contributed by atoms with Gasteiger partial charge >= 0.3 is 5.97 Å². The van der Waals surface area contributed by atoms with E-state index in [4.69, 9.17) is 21.8 Å². The van der Waals surface area contributed by atoms with Crippen LogP contribution in [0.2, 0.25) is 5.02 Å². The van der Waals surface area contributed by atoms with E-state index in [0.29, 0.717) is 5.02 Å². The number of aryl methyl sites for hydroxylation is 1. The van der Waals surface area contributed by atoms with Crippen LogP contribution >= 0.6 is 11.6 Å². The molecular formula is C14H16ClNO4. The topological polar surface area (TPSA) is 86.6 Å². The average Bonchev–Trinajstić information content (AvgIpc) is 2.39. The summed E-state index contributed by atoms with van der Waals surface area (Å²) < 4.78 is 0. The van der Waals surface area contributed by atoms with E-state index in [-0.39, 0.29) is 13.0 Å². The molecule has 0 aliphatic carbocycles. The van der Waals surface area contributed by atoms with Gasteiger partial charge in [-0.2, -0.15) is 0 Å². The van der Waals surface area contributed by atoms with Gasteiger partial charge in [0.15, 0.2) is 0 Å². The average molecular weight is 298 g/mol. The van der Waals surface area contributed by atoms with E-state index in [1.165, 1.54) is 6.08 Å². The molecule has 108 valence electrons. The van der Waals surface area contributed by atoms with Crippen LogP contribution in [0, 0.1) is 6.92 Å². The van der Waals surface area contributed by atoms with Gasteiger partial charge in [-0.3, -0.25) is 4.79 Å². The van der Waals surface area contributed by atoms with Crippen molar-refractivity contribution < 1.29 is 19.8 Å². The summed E-state index contributed by atoms with van der Waals surface area (Å²) in [6.45, 7) is 1.56. The Labute approximate surface area is 121 Å². The summed E-state index contributed by atoms with van der Waals surface area (Å²) >= 11 is 5.96. The quantitative estimate of drug-likeness (QED) is 0.696. The molecule has 1 rings (SSSR count). The van der Waals surface area contributed by atoms with Crippen molar-refractivity contribution in [3.8, 4) is 0 Å². The van der Waals surface area contributed by atoms with Gasteiger partial charge in [-0.25, -0.2) is 4.79 Å². The Morgan fingerprint density at radius 2 is 2.15 bits per heavy atom. The summed E-state index contributed by atoms with van der Waals surface area (Å²) in [6.07, 6.45) is 2.73. The number of amides is 1. The number of aliphatic hydroxyl groups excluding tert-OH is 1. The van der Waals surface area contributed by atoms with Crippen molar-refractivity contribution in [3.05, 3.63) is 40.4 Å². The Morgan fingerprint density at radius 3 is 2.70 bits per heavy atom. The molecule has 0 spiro atoms. The lowest BCUT2D eigenvalue weighted by molar-refractivity contribution is -0.141. The van der Waals surface area contributed by atoms with E-state index in [1.54, 1.807) is 18.2 Å². The summed E-state index contributed by atoms with van der Waals surface area (Å²) in [5.74, 6) is -1.72. The summed E-state index contributed by atoms with van der Waals surface area (Å²) in [6, 6.07) is 4.24. The van der Waals surface area contributed by atoms with Crippen molar-refractivity contribution in [2.45, 2.75) is 19.4 Å². The smallest absolute Gasteiger partial charge is 0.326 e. The minimum absolute atomic E-state index is 0.0364. The van der Waals surface area contributed by atoms with E-state index in [2.05, 4.69) is 5.32 Å². The van der Waals surface area contributed by atoms with Crippen molar-refractivity contribution in [2.75, 3.05) is 6.61 Å². The molecule has 0 heterocycles. The molecule has 1 atom stereocenters. The molecular weight excluding hydrogens is 282 g/mol. The summed E-state index contributed by atoms with van der Waals surface area (Å²) in [5.41, 5.74) is 1.67. The summed E-state index contributed by atoms with van der Waals surface area (Å²) in [7, 11) is 0. The molecule has 20 heavy (non-hydrogen) atoms. The highest BCUT2D eigenvalue weighted by atomic mass is 35.5. The minimum atomic E-state index is -1.18. The number of rotatable bonds is 6. The maximum absolute atomic E-state index is 11.6. The first-order chi connectivity index (χ1) is 9.43. The number of aliphatic hydroxyl groups is 1. The highest BCUT2D eigenvalue weighted by Crippen LogP contribution is 2.17. The molecule has 0 fully saturated rings. The number of nitrogens with one attached hydrogen (secondary N) is 1. The number of hydrogen-bond acceptors (Lipinski definition) is 3. The van der Waals surface area contributed by atoms with Gasteiger partial charge in [0, 0.05) is 24.1 Å². The zero-order valence-corrected chi connectivity index (χ0v) is 11.7. The molecule has 1 aromatic carbocycles. The minimum Gasteiger partial charge on any atom is -0.480 e. The van der Waals surface area contributed by atoms with Crippen LogP contribution in [-0.4, -0.2) is 34.7 Å². The van der Waals surface area contributed by atoms with Crippen LogP contribution in [0.3, 0.4) is 0 Å². The predicted octanol–water partition coefficient (Wildman–Crippen LogP) is 1.61. The first-order valence-corrected chi connectivity index (χ1v) is 6.40. The number of carboxylic acids is 1. The third-order valence-electron chi connectivity index (χ3n) is 2.66. The van der Waals surface area contributed by atoms with Crippen LogP contribution in [-0.2, 0) is 9.59 Å². The lowest BCUT2D eigenvalue weighted by atomic mass is 10.1. The Balaban J connectivity index is 2.67. The van der Waals surface area contributed by atoms with Gasteiger partial charge in [0.25, 0.3) is 0 Å². The Morgan fingerprint density at radius 1 is 1.45 bits per heavy atom. The van der Waals surface area contributed by atoms with E-state index in [1.807, 2.05) is 13.0 Å². The number of aliphatic carboxylic acids is 1. The molecule has 3 N–H and O–H groups in total. The van der Waals surface area contributed by atoms with Crippen molar-refractivity contribution in [1.82, 2.24) is 5.32 Å². The van der Waals surface area contributed by atoms with Crippen LogP contribution in [0.5, 0.6) is 0 Å². The van der Waals surface area contributed by atoms with Crippen molar-refractivity contribution in [3.63, 3.8) is 0 Å². The zero-order valence-electron chi connectivity index (χ0n) is 11.0. The third kappa shape index (κ3) is 5.03. The fourth-order valence-electron chi connectivity index (χ4n) is 1.49. The number of halogens is 1. The van der Waals surface area contributed by atoms with Gasteiger partial charge in [-0.1, -0.05) is 23.7 Å². The van der Waals surface area contributed by atoms with Gasteiger partial charge in [0.05, 0.1) is 0 Å². The van der Waals surface area contributed by atoms with E-state index < -0.39 is 17.9 Å². The Hall–Kier alpha value is -1.85. The molecule has 5 nitrogen and oxygen atoms in total. The highest BCUT2D eigenvalue weighted by Gasteiger charge is 2.17. The number of carboxylic acid groups (broad SMARTS) is 1. The van der Waals surface area contributed by atoms with Crippen molar-refractivity contribution >= 4 is 29.6 Å². The van der Waals surface area contributed by atoms with E-state index in [0.717, 1.165) is 11.1 Å². The van der Waals surface area contributed by atoms with Crippen molar-refractivity contribution in [2.24, 2.45) is 0 Å². The largest absolute Gasteiger partial charge is 0.480 e. The van der Waals surface area contributed by atoms with Crippen LogP contribution in [0.1, 0.15) is 17.5 Å². The van der Waals surface area contributed by atoms with Gasteiger partial charge in [0.2, 0.25) is 5.91 Å². The molecule has 0 aromatic heterocycles. The molecule has 1 amide bonds. The van der Waals surface area contributed by atoms with Gasteiger partial charge in [-0.05, 0) is 30.2 Å². The number of hydrogen-bond donors (Lipinski definition) is 3. The SMILES string of the molecule is Cc1ccc(/C=C/C(=O)N[C@@H](CCO)C(=O)O)cc1Cl. The highest BCUT2D eigenvalue weighted by molar-refractivity contribution is 6.31. The number of benzene rings is 1. The van der Waals surface area contributed by atoms with Crippen LogP contribution < -0.4 is 5.32 Å². The zero-order chi connectivity index (χ0) is 15.1. The maximum atomic E-state index is 11.6. The van der Waals surface area contributed by atoms with Gasteiger partial charge in [-0.15, -0.1) is 0 Å². The second kappa shape index (κ2) is 7.67. The molecule has 1 aromatic rings. The molecule has 0 saturated carbocycles. The summed E-state index contributed by atoms with van der Waals surface area (Å²) in [5, 5.41) is 20.4. The lowest BCUT2D eigenvalue weighted by Crippen LogP contribution is -2.40. The van der Waals surface area contributed by atoms with E-state index >= 15 is 0 Å². The fourth-order valence-corrected chi connectivity index (χ4v) is 1.68. The third-order valence-corrected chi connectivity index (χ3v) is 3.06. The molecule has 0 aliphatic heterocycles. The second-order valence-electron chi connectivity index (χ2n) is 4.25. The fraction of sp³-hybridized carbons (Fsp3) is 0.286. The monoisotopic (exact) mass is 297 g/mol. The Kier molecular flexibility index (Phi) is 6.21. The molecule has 0 bridgehead atoms. The molecule has 0 radical (unpaired) electrons. The normalized spacial score (nSPS) is 12.3. The maximum Gasteiger partial charge on any atom is 0.326 e. The lowest BCUT2D eigenvalue weighted by Gasteiger charge is -2.11. The molecule has 0 unspecified atom stereocenters. The van der Waals surface area contributed by atoms with Crippen LogP contribution in [0.15, 0.2) is 24.3 Å². The van der Waals surface area contributed by atoms with Crippen molar-refractivity contribution in [1.29, 1.82) is 0 Å². The molecule has 0 aliphatic rings. The second-order valence-corrected chi connectivity index (χ2v) is 4.66. The first kappa shape index (κ1) is 16.2. The predicted molar refractivity (Wildman–Crippen MR) is 76.5 cm³/mol. The standard InChI is InChI=1S/C14H16ClNO4/c1-9-2-3-10(8-11(9)15)4-5-13(18)16-12(6-7-17)14(19)20/h2-5,8,12,17H,6-7H2,1H3,(H,16,18)(H,19,20)/b5-4+/t12-/m0/s1. The molecule has 0 saturated heterocycles. The number of carbonyl (C=O) groups is 2. The first-order valence-electron chi connectivity index (χ1n) is 6.02. The van der Waals surface area contributed by atoms with E-state index in [9.17, 15) is 9.59 Å². The van der Waals surface area contributed by atoms with Crippen LogP contribution in [0.4, 0.5) is 0 Å². The van der Waals surface area contributed by atoms with Gasteiger partial charge in [0.1, 0.15) is 6.04 Å².